The topological polar surface area (TPSA) is 75.6 Å². The smallest absolute Gasteiger partial charge is 0.309 e. The zero-order valence-corrected chi connectivity index (χ0v) is 12.6. The van der Waals surface area contributed by atoms with Crippen LogP contribution in [0.4, 0.5) is 5.95 Å². The van der Waals surface area contributed by atoms with Crippen LogP contribution >= 0.6 is 0 Å². The molecule has 1 aliphatic carbocycles. The molecule has 0 aromatic carbocycles. The summed E-state index contributed by atoms with van der Waals surface area (Å²) in [5.74, 6) is 0.716. The van der Waals surface area contributed by atoms with Crippen LogP contribution in [0.1, 0.15) is 13.3 Å². The fraction of sp³-hybridized carbons (Fsp3) is 0.600. The number of anilines is 1. The minimum atomic E-state index is -0.239. The van der Waals surface area contributed by atoms with Gasteiger partial charge in [-0.05, 0) is 18.4 Å². The molecule has 1 amide bonds. The molecule has 1 aromatic heterocycles. The zero-order chi connectivity index (χ0) is 15.5. The van der Waals surface area contributed by atoms with Crippen molar-refractivity contribution in [3.8, 4) is 0 Å². The van der Waals surface area contributed by atoms with Gasteiger partial charge in [-0.2, -0.15) is 0 Å². The van der Waals surface area contributed by atoms with Crippen LogP contribution in [0.25, 0.3) is 0 Å². The van der Waals surface area contributed by atoms with E-state index >= 15 is 0 Å². The highest BCUT2D eigenvalue weighted by atomic mass is 16.5. The molecule has 0 N–H and O–H groups in total. The summed E-state index contributed by atoms with van der Waals surface area (Å²) in [6.45, 7) is 4.41. The third kappa shape index (κ3) is 3.35. The predicted octanol–water partition coefficient (Wildman–Crippen LogP) is 0.324. The first-order chi connectivity index (χ1) is 10.6. The lowest BCUT2D eigenvalue weighted by Gasteiger charge is -2.34. The highest BCUT2D eigenvalue weighted by Crippen LogP contribution is 2.38. The van der Waals surface area contributed by atoms with Gasteiger partial charge in [0.05, 0.1) is 5.92 Å². The van der Waals surface area contributed by atoms with Gasteiger partial charge in [0.15, 0.2) is 6.61 Å². The van der Waals surface area contributed by atoms with Crippen molar-refractivity contribution < 1.29 is 14.3 Å². The van der Waals surface area contributed by atoms with Gasteiger partial charge in [0, 0.05) is 38.6 Å². The monoisotopic (exact) mass is 304 g/mol. The van der Waals surface area contributed by atoms with Gasteiger partial charge >= 0.3 is 5.97 Å². The average molecular weight is 304 g/mol. The molecule has 0 bridgehead atoms. The molecule has 2 heterocycles. The van der Waals surface area contributed by atoms with Crippen LogP contribution in [0.2, 0.25) is 0 Å². The van der Waals surface area contributed by atoms with Crippen molar-refractivity contribution in [2.24, 2.45) is 11.8 Å². The van der Waals surface area contributed by atoms with Crippen LogP contribution in [0.15, 0.2) is 18.5 Å². The van der Waals surface area contributed by atoms with Crippen molar-refractivity contribution in [2.45, 2.75) is 13.3 Å². The number of hydrogen-bond donors (Lipinski definition) is 0. The van der Waals surface area contributed by atoms with E-state index in [2.05, 4.69) is 9.97 Å². The van der Waals surface area contributed by atoms with Crippen LogP contribution in [-0.2, 0) is 14.3 Å². The molecule has 7 heteroatoms. The fourth-order valence-electron chi connectivity index (χ4n) is 2.59. The maximum absolute atomic E-state index is 12.1. The predicted molar refractivity (Wildman–Crippen MR) is 79.1 cm³/mol. The van der Waals surface area contributed by atoms with Gasteiger partial charge in [-0.15, -0.1) is 0 Å². The third-order valence-electron chi connectivity index (χ3n) is 4.22. The normalized spacial score (nSPS) is 24.0. The molecule has 118 valence electrons. The molecule has 0 radical (unpaired) electrons. The third-order valence-corrected chi connectivity index (χ3v) is 4.22. The first kappa shape index (κ1) is 14.7. The Bertz CT molecular complexity index is 543. The maximum atomic E-state index is 12.1. The number of rotatable bonds is 4. The standard InChI is InChI=1S/C15H20N4O3/c1-11-9-12(11)14(21)22-10-13(20)18-5-7-19(8-6-18)15-16-3-2-4-17-15/h2-4,11-12H,5-10H2,1H3/t11-,12+/m0/s1. The Morgan fingerprint density at radius 3 is 2.45 bits per heavy atom. The molecule has 1 aliphatic heterocycles. The van der Waals surface area contributed by atoms with Crippen molar-refractivity contribution in [3.05, 3.63) is 18.5 Å². The van der Waals surface area contributed by atoms with E-state index in [-0.39, 0.29) is 24.4 Å². The van der Waals surface area contributed by atoms with Gasteiger partial charge in [-0.3, -0.25) is 9.59 Å². The molecule has 1 saturated carbocycles. The van der Waals surface area contributed by atoms with Gasteiger partial charge in [0.1, 0.15) is 0 Å². The lowest BCUT2D eigenvalue weighted by atomic mass is 10.3. The van der Waals surface area contributed by atoms with E-state index in [1.54, 1.807) is 23.4 Å². The molecule has 22 heavy (non-hydrogen) atoms. The lowest BCUT2D eigenvalue weighted by Crippen LogP contribution is -2.50. The molecule has 2 aliphatic rings. The van der Waals surface area contributed by atoms with Gasteiger partial charge in [-0.1, -0.05) is 6.92 Å². The first-order valence-electron chi connectivity index (χ1n) is 7.61. The SMILES string of the molecule is C[C@H]1C[C@H]1C(=O)OCC(=O)N1CCN(c2ncccn2)CC1. The number of amides is 1. The Kier molecular flexibility index (Phi) is 4.22. The number of nitrogens with zero attached hydrogens (tertiary/aromatic N) is 4. The van der Waals surface area contributed by atoms with E-state index < -0.39 is 0 Å². The Morgan fingerprint density at radius 2 is 1.86 bits per heavy atom. The molecule has 7 nitrogen and oxygen atoms in total. The highest BCUT2D eigenvalue weighted by molar-refractivity contribution is 5.82. The summed E-state index contributed by atoms with van der Waals surface area (Å²) in [6.07, 6.45) is 4.29. The molecule has 0 unspecified atom stereocenters. The van der Waals surface area contributed by atoms with Crippen molar-refractivity contribution in [1.29, 1.82) is 0 Å². The minimum absolute atomic E-state index is 0.000114. The molecule has 1 saturated heterocycles. The van der Waals surface area contributed by atoms with Crippen LogP contribution in [0.5, 0.6) is 0 Å². The summed E-state index contributed by atoms with van der Waals surface area (Å²) < 4.78 is 5.09. The Labute approximate surface area is 129 Å². The van der Waals surface area contributed by atoms with Crippen LogP contribution in [0.3, 0.4) is 0 Å². The summed E-state index contributed by atoms with van der Waals surface area (Å²) in [6, 6.07) is 1.78. The molecule has 2 atom stereocenters. The summed E-state index contributed by atoms with van der Waals surface area (Å²) in [7, 11) is 0. The zero-order valence-electron chi connectivity index (χ0n) is 12.6. The number of carbonyl (C=O) groups excluding carboxylic acids is 2. The number of hydrogen-bond acceptors (Lipinski definition) is 6. The quantitative estimate of drug-likeness (QED) is 0.746. The van der Waals surface area contributed by atoms with Crippen molar-refractivity contribution in [2.75, 3.05) is 37.7 Å². The van der Waals surface area contributed by atoms with E-state index in [0.29, 0.717) is 38.0 Å². The molecule has 3 rings (SSSR count). The molecule has 2 fully saturated rings. The number of esters is 1. The summed E-state index contributed by atoms with van der Waals surface area (Å²) in [5, 5.41) is 0. The Balaban J connectivity index is 1.43. The second kappa shape index (κ2) is 6.29. The molecule has 0 spiro atoms. The van der Waals surface area contributed by atoms with E-state index in [0.717, 1.165) is 6.42 Å². The van der Waals surface area contributed by atoms with Crippen LogP contribution < -0.4 is 4.90 Å². The second-order valence-electron chi connectivity index (χ2n) is 5.84. The number of aromatic nitrogens is 2. The van der Waals surface area contributed by atoms with Crippen LogP contribution in [-0.4, -0.2) is 59.5 Å². The second-order valence-corrected chi connectivity index (χ2v) is 5.84. The van der Waals surface area contributed by atoms with Crippen molar-refractivity contribution >= 4 is 17.8 Å². The molecular weight excluding hydrogens is 284 g/mol. The van der Waals surface area contributed by atoms with Crippen molar-refractivity contribution in [1.82, 2.24) is 14.9 Å². The first-order valence-corrected chi connectivity index (χ1v) is 7.61. The molecular formula is C15H20N4O3. The number of carbonyl (C=O) groups is 2. The lowest BCUT2D eigenvalue weighted by molar-refractivity contribution is -0.153. The van der Waals surface area contributed by atoms with Crippen LogP contribution in [0, 0.1) is 11.8 Å². The van der Waals surface area contributed by atoms with E-state index in [9.17, 15) is 9.59 Å². The highest BCUT2D eigenvalue weighted by Gasteiger charge is 2.40. The van der Waals surface area contributed by atoms with Crippen molar-refractivity contribution in [3.63, 3.8) is 0 Å². The summed E-state index contributed by atoms with van der Waals surface area (Å²) in [5.41, 5.74) is 0. The largest absolute Gasteiger partial charge is 0.455 e. The van der Waals surface area contributed by atoms with E-state index in [1.807, 2.05) is 11.8 Å². The number of ether oxygens (including phenoxy) is 1. The van der Waals surface area contributed by atoms with Gasteiger partial charge < -0.3 is 14.5 Å². The average Bonchev–Trinajstić information content (AvgIpc) is 3.30. The molecule has 1 aromatic rings. The minimum Gasteiger partial charge on any atom is -0.455 e. The van der Waals surface area contributed by atoms with E-state index in [4.69, 9.17) is 4.74 Å². The fourth-order valence-corrected chi connectivity index (χ4v) is 2.59. The van der Waals surface area contributed by atoms with Gasteiger partial charge in [0.2, 0.25) is 5.95 Å². The summed E-state index contributed by atoms with van der Waals surface area (Å²) >= 11 is 0. The Hall–Kier alpha value is -2.18. The maximum Gasteiger partial charge on any atom is 0.309 e. The number of piperazine rings is 1. The van der Waals surface area contributed by atoms with Gasteiger partial charge in [0.25, 0.3) is 5.91 Å². The summed E-state index contributed by atoms with van der Waals surface area (Å²) in [4.78, 5) is 35.9. The van der Waals surface area contributed by atoms with E-state index in [1.165, 1.54) is 0 Å². The van der Waals surface area contributed by atoms with Gasteiger partial charge in [-0.25, -0.2) is 9.97 Å². The Morgan fingerprint density at radius 1 is 1.23 bits per heavy atom.